The molecule has 0 aliphatic carbocycles. The van der Waals surface area contributed by atoms with Crippen molar-refractivity contribution in [2.24, 2.45) is 0 Å². The van der Waals surface area contributed by atoms with E-state index in [1.807, 2.05) is 32.2 Å². The highest BCUT2D eigenvalue weighted by Gasteiger charge is 2.36. The Labute approximate surface area is 165 Å². The van der Waals surface area contributed by atoms with Crippen molar-refractivity contribution in [1.29, 1.82) is 0 Å². The van der Waals surface area contributed by atoms with Crippen molar-refractivity contribution < 1.29 is 9.18 Å². The van der Waals surface area contributed by atoms with E-state index < -0.39 is 5.67 Å². The number of aromatic nitrogens is 2. The van der Waals surface area contributed by atoms with Gasteiger partial charge in [0.25, 0.3) is 5.91 Å². The summed E-state index contributed by atoms with van der Waals surface area (Å²) in [7, 11) is 0. The van der Waals surface area contributed by atoms with E-state index in [1.54, 1.807) is 4.90 Å². The van der Waals surface area contributed by atoms with Crippen molar-refractivity contribution in [3.05, 3.63) is 44.1 Å². The zero-order valence-electron chi connectivity index (χ0n) is 14.9. The monoisotopic (exact) mass is 440 g/mol. The van der Waals surface area contributed by atoms with Crippen LogP contribution in [0.25, 0.3) is 0 Å². The number of piperidine rings is 1. The van der Waals surface area contributed by atoms with Gasteiger partial charge in [-0.3, -0.25) is 9.78 Å². The van der Waals surface area contributed by atoms with E-state index in [4.69, 9.17) is 0 Å². The van der Waals surface area contributed by atoms with Gasteiger partial charge in [0.05, 0.1) is 11.4 Å². The van der Waals surface area contributed by atoms with E-state index in [-0.39, 0.29) is 12.5 Å². The molecule has 1 fully saturated rings. The van der Waals surface area contributed by atoms with E-state index in [0.29, 0.717) is 41.3 Å². The van der Waals surface area contributed by atoms with Crippen LogP contribution in [0.15, 0.2) is 22.2 Å². The summed E-state index contributed by atoms with van der Waals surface area (Å²) in [6, 6.07) is 3.95. The number of halogens is 2. The molecule has 0 aromatic carbocycles. The van der Waals surface area contributed by atoms with Gasteiger partial charge in [-0.25, -0.2) is 9.37 Å². The summed E-state index contributed by atoms with van der Waals surface area (Å²) in [5.74, 6) is -0.0513. The Morgan fingerprint density at radius 2 is 2.12 bits per heavy atom. The maximum atomic E-state index is 15.0. The van der Waals surface area contributed by atoms with E-state index in [0.717, 1.165) is 17.0 Å². The highest BCUT2D eigenvalue weighted by molar-refractivity contribution is 9.11. The van der Waals surface area contributed by atoms with E-state index in [9.17, 15) is 4.79 Å². The maximum absolute atomic E-state index is 15.0. The molecule has 140 valence electrons. The average Bonchev–Trinajstić information content (AvgIpc) is 2.95. The SMILES string of the molecule is Cc1ccc(CNCC2(F)CCN(C(=O)c3sc(Br)nc3C)CC2)nc1. The molecule has 0 spiro atoms. The minimum absolute atomic E-state index is 0.0513. The van der Waals surface area contributed by atoms with Gasteiger partial charge in [-0.05, 0) is 41.4 Å². The third-order valence-corrected chi connectivity index (χ3v) is 6.23. The van der Waals surface area contributed by atoms with Gasteiger partial charge in [-0.1, -0.05) is 6.07 Å². The van der Waals surface area contributed by atoms with Crippen LogP contribution in [0.3, 0.4) is 0 Å². The predicted molar refractivity (Wildman–Crippen MR) is 104 cm³/mol. The number of nitrogens with zero attached hydrogens (tertiary/aromatic N) is 3. The lowest BCUT2D eigenvalue weighted by atomic mass is 9.93. The van der Waals surface area contributed by atoms with Crippen molar-refractivity contribution in [2.45, 2.75) is 38.9 Å². The largest absolute Gasteiger partial charge is 0.338 e. The Morgan fingerprint density at radius 3 is 2.69 bits per heavy atom. The molecule has 3 rings (SSSR count). The number of nitrogens with one attached hydrogen (secondary N) is 1. The highest BCUT2D eigenvalue weighted by atomic mass is 79.9. The molecule has 1 aliphatic heterocycles. The molecule has 2 aromatic heterocycles. The van der Waals surface area contributed by atoms with Gasteiger partial charge in [0, 0.05) is 45.2 Å². The lowest BCUT2D eigenvalue weighted by molar-refractivity contribution is 0.0437. The molecule has 26 heavy (non-hydrogen) atoms. The van der Waals surface area contributed by atoms with Gasteiger partial charge in [0.15, 0.2) is 3.92 Å². The van der Waals surface area contributed by atoms with Crippen LogP contribution >= 0.6 is 27.3 Å². The van der Waals surface area contributed by atoms with Crippen molar-refractivity contribution in [2.75, 3.05) is 19.6 Å². The highest BCUT2D eigenvalue weighted by Crippen LogP contribution is 2.29. The number of amides is 1. The first kappa shape index (κ1) is 19.4. The number of alkyl halides is 1. The van der Waals surface area contributed by atoms with E-state index in [1.165, 1.54) is 11.3 Å². The van der Waals surface area contributed by atoms with Gasteiger partial charge in [-0.2, -0.15) is 0 Å². The lowest BCUT2D eigenvalue weighted by Crippen LogP contribution is -2.48. The second-order valence-corrected chi connectivity index (χ2v) is 9.03. The van der Waals surface area contributed by atoms with Crippen LogP contribution in [0.1, 0.15) is 39.5 Å². The summed E-state index contributed by atoms with van der Waals surface area (Å²) < 4.78 is 15.7. The van der Waals surface area contributed by atoms with Crippen molar-refractivity contribution in [1.82, 2.24) is 20.2 Å². The topological polar surface area (TPSA) is 58.1 Å². The molecule has 1 aliphatic rings. The number of rotatable bonds is 5. The number of aryl methyl sites for hydroxylation is 2. The van der Waals surface area contributed by atoms with Crippen LogP contribution in [-0.4, -0.2) is 46.1 Å². The fourth-order valence-electron chi connectivity index (χ4n) is 3.01. The van der Waals surface area contributed by atoms with Gasteiger partial charge in [-0.15, -0.1) is 11.3 Å². The zero-order chi connectivity index (χ0) is 18.7. The minimum atomic E-state index is -1.29. The standard InChI is InChI=1S/C18H22BrFN4OS/c1-12-3-4-14(22-9-12)10-21-11-18(20)5-7-24(8-6-18)16(25)15-13(2)23-17(19)26-15/h3-4,9,21H,5-8,10-11H2,1-2H3. The van der Waals surface area contributed by atoms with Crippen molar-refractivity contribution in [3.63, 3.8) is 0 Å². The Balaban J connectivity index is 1.49. The number of hydrogen-bond acceptors (Lipinski definition) is 5. The summed E-state index contributed by atoms with van der Waals surface area (Å²) in [5.41, 5.74) is 1.44. The number of hydrogen-bond donors (Lipinski definition) is 1. The zero-order valence-corrected chi connectivity index (χ0v) is 17.3. The van der Waals surface area contributed by atoms with Gasteiger partial charge >= 0.3 is 0 Å². The molecule has 3 heterocycles. The van der Waals surface area contributed by atoms with Crippen LogP contribution in [0.4, 0.5) is 4.39 Å². The average molecular weight is 441 g/mol. The van der Waals surface area contributed by atoms with Gasteiger partial charge < -0.3 is 10.2 Å². The van der Waals surface area contributed by atoms with Crippen molar-refractivity contribution >= 4 is 33.2 Å². The number of carbonyl (C=O) groups excluding carboxylic acids is 1. The number of pyridine rings is 1. The first-order chi connectivity index (χ1) is 12.4. The Bertz CT molecular complexity index is 772. The van der Waals surface area contributed by atoms with Gasteiger partial charge in [0.1, 0.15) is 10.5 Å². The lowest BCUT2D eigenvalue weighted by Gasteiger charge is -2.36. The summed E-state index contributed by atoms with van der Waals surface area (Å²) in [6.45, 7) is 5.48. The molecule has 0 bridgehead atoms. The molecular formula is C18H22BrFN4OS. The second kappa shape index (κ2) is 8.10. The van der Waals surface area contributed by atoms with Crippen LogP contribution in [0, 0.1) is 13.8 Å². The Morgan fingerprint density at radius 1 is 1.38 bits per heavy atom. The quantitative estimate of drug-likeness (QED) is 0.770. The van der Waals surface area contributed by atoms with E-state index >= 15 is 4.39 Å². The van der Waals surface area contributed by atoms with Crippen LogP contribution in [0.2, 0.25) is 0 Å². The predicted octanol–water partition coefficient (Wildman–Crippen LogP) is 3.65. The third-order valence-electron chi connectivity index (χ3n) is 4.63. The fourth-order valence-corrected chi connectivity index (χ4v) is 4.52. The number of thiazole rings is 1. The number of likely N-dealkylation sites (tertiary alicyclic amines) is 1. The summed E-state index contributed by atoms with van der Waals surface area (Å²) in [5, 5.41) is 3.16. The van der Waals surface area contributed by atoms with Crippen LogP contribution in [0.5, 0.6) is 0 Å². The molecule has 5 nitrogen and oxygen atoms in total. The van der Waals surface area contributed by atoms with Crippen LogP contribution < -0.4 is 5.32 Å². The molecule has 0 unspecified atom stereocenters. The second-order valence-electron chi connectivity index (χ2n) is 6.75. The summed E-state index contributed by atoms with van der Waals surface area (Å²) in [4.78, 5) is 23.5. The minimum Gasteiger partial charge on any atom is -0.338 e. The Hall–Kier alpha value is -1.38. The summed E-state index contributed by atoms with van der Waals surface area (Å²) in [6.07, 6.45) is 2.49. The molecule has 0 radical (unpaired) electrons. The first-order valence-corrected chi connectivity index (χ1v) is 10.2. The molecule has 1 saturated heterocycles. The maximum Gasteiger partial charge on any atom is 0.265 e. The van der Waals surface area contributed by atoms with Gasteiger partial charge in [0.2, 0.25) is 0 Å². The normalized spacial score (nSPS) is 16.7. The molecule has 1 amide bonds. The number of carbonyl (C=O) groups is 1. The molecule has 0 atom stereocenters. The first-order valence-electron chi connectivity index (χ1n) is 8.60. The Kier molecular flexibility index (Phi) is 6.04. The molecule has 1 N–H and O–H groups in total. The fraction of sp³-hybridized carbons (Fsp3) is 0.500. The van der Waals surface area contributed by atoms with Crippen LogP contribution in [-0.2, 0) is 6.54 Å². The summed E-state index contributed by atoms with van der Waals surface area (Å²) >= 11 is 4.64. The smallest absolute Gasteiger partial charge is 0.265 e. The van der Waals surface area contributed by atoms with Crippen molar-refractivity contribution in [3.8, 4) is 0 Å². The molecule has 2 aromatic rings. The molecule has 8 heteroatoms. The van der Waals surface area contributed by atoms with E-state index in [2.05, 4.69) is 31.2 Å². The third kappa shape index (κ3) is 4.66. The molecule has 0 saturated carbocycles. The molecular weight excluding hydrogens is 419 g/mol.